The van der Waals surface area contributed by atoms with Crippen LogP contribution in [0.5, 0.6) is 0 Å². The molecular weight excluding hydrogens is 198 g/mol. The highest BCUT2D eigenvalue weighted by molar-refractivity contribution is 5.99. The summed E-state index contributed by atoms with van der Waals surface area (Å²) in [5.41, 5.74) is 15.4. The number of unbranched alkanes of at least 4 members (excludes halogenated alkanes) is 1. The van der Waals surface area contributed by atoms with Crippen molar-refractivity contribution in [1.29, 1.82) is 0 Å². The van der Waals surface area contributed by atoms with E-state index in [-0.39, 0.29) is 11.8 Å². The van der Waals surface area contributed by atoms with Crippen molar-refractivity contribution >= 4 is 11.8 Å². The standard InChI is InChI=1S/C6H14N2O2.C3H5NO/c7-4-2-1-3-5(8)6(9)10;4-2-1-3(2)5/h5H,1-4,7-8H2,(H,9,10);2H,1,4H2/t5-;/m0./s1. The maximum atomic E-state index is 10.1. The summed E-state index contributed by atoms with van der Waals surface area (Å²) >= 11 is 0. The van der Waals surface area contributed by atoms with Gasteiger partial charge in [0.05, 0.1) is 6.04 Å². The van der Waals surface area contributed by atoms with E-state index in [9.17, 15) is 9.59 Å². The molecule has 0 heterocycles. The van der Waals surface area contributed by atoms with Crippen molar-refractivity contribution in [2.45, 2.75) is 37.8 Å². The number of carbonyl (C=O) groups is 2. The highest BCUT2D eigenvalue weighted by Gasteiger charge is 2.29. The molecule has 0 saturated heterocycles. The molecule has 6 nitrogen and oxygen atoms in total. The Morgan fingerprint density at radius 1 is 1.53 bits per heavy atom. The maximum absolute atomic E-state index is 10.1. The molecule has 1 aliphatic carbocycles. The summed E-state index contributed by atoms with van der Waals surface area (Å²) in [6.45, 7) is 0.604. The van der Waals surface area contributed by atoms with Crippen LogP contribution in [0.25, 0.3) is 0 Å². The van der Waals surface area contributed by atoms with Gasteiger partial charge < -0.3 is 22.3 Å². The van der Waals surface area contributed by atoms with Gasteiger partial charge in [0.15, 0.2) is 5.78 Å². The molecule has 1 aliphatic rings. The number of carboxylic acid groups (broad SMARTS) is 1. The molecule has 1 rings (SSSR count). The highest BCUT2D eigenvalue weighted by Crippen LogP contribution is 2.07. The van der Waals surface area contributed by atoms with Crippen molar-refractivity contribution in [3.63, 3.8) is 0 Å². The summed E-state index contributed by atoms with van der Waals surface area (Å²) in [6, 6.07) is -0.804. The number of aliphatic carboxylic acids is 1. The Hall–Kier alpha value is -0.980. The average Bonchev–Trinajstić information content (AvgIpc) is 2.81. The van der Waals surface area contributed by atoms with Crippen LogP contribution in [0.15, 0.2) is 0 Å². The number of ketones is 1. The predicted octanol–water partition coefficient (Wildman–Crippen LogP) is -1.19. The van der Waals surface area contributed by atoms with E-state index < -0.39 is 12.0 Å². The first-order chi connectivity index (χ1) is 6.99. The van der Waals surface area contributed by atoms with Crippen molar-refractivity contribution in [2.75, 3.05) is 6.54 Å². The zero-order valence-electron chi connectivity index (χ0n) is 8.69. The third kappa shape index (κ3) is 8.04. The summed E-state index contributed by atoms with van der Waals surface area (Å²) in [5.74, 6) is -0.734. The van der Waals surface area contributed by atoms with Crippen molar-refractivity contribution in [2.24, 2.45) is 17.2 Å². The number of nitrogens with two attached hydrogens (primary N) is 3. The number of hydrogen-bond acceptors (Lipinski definition) is 5. The molecule has 6 heteroatoms. The van der Waals surface area contributed by atoms with Gasteiger partial charge in [-0.2, -0.15) is 0 Å². The van der Waals surface area contributed by atoms with Gasteiger partial charge >= 0.3 is 5.97 Å². The molecule has 1 saturated carbocycles. The summed E-state index contributed by atoms with van der Waals surface area (Å²) in [6.07, 6.45) is 2.78. The number of hydrogen-bond donors (Lipinski definition) is 4. The molecule has 0 aromatic heterocycles. The molecule has 0 bridgehead atoms. The summed E-state index contributed by atoms with van der Waals surface area (Å²) in [4.78, 5) is 19.9. The van der Waals surface area contributed by atoms with Crippen LogP contribution in [0.2, 0.25) is 0 Å². The lowest BCUT2D eigenvalue weighted by Crippen LogP contribution is -2.29. The number of Topliss-reactive ketones (excluding diaryl/α,β-unsaturated/α-hetero) is 1. The molecule has 15 heavy (non-hydrogen) atoms. The van der Waals surface area contributed by atoms with Crippen molar-refractivity contribution in [1.82, 2.24) is 0 Å². The second kappa shape index (κ2) is 7.33. The summed E-state index contributed by atoms with van der Waals surface area (Å²) in [5, 5.41) is 8.33. The maximum Gasteiger partial charge on any atom is 0.320 e. The third-order valence-corrected chi connectivity index (χ3v) is 1.96. The van der Waals surface area contributed by atoms with E-state index in [1.54, 1.807) is 0 Å². The van der Waals surface area contributed by atoms with Crippen LogP contribution in [0.1, 0.15) is 25.7 Å². The van der Waals surface area contributed by atoms with E-state index in [0.29, 0.717) is 19.4 Å². The molecule has 2 atom stereocenters. The highest BCUT2D eigenvalue weighted by atomic mass is 16.4. The molecule has 1 fully saturated rings. The molecule has 0 amide bonds. The summed E-state index contributed by atoms with van der Waals surface area (Å²) in [7, 11) is 0. The molecule has 88 valence electrons. The minimum Gasteiger partial charge on any atom is -0.480 e. The fourth-order valence-corrected chi connectivity index (χ4v) is 0.790. The second-order valence-electron chi connectivity index (χ2n) is 3.51. The van der Waals surface area contributed by atoms with Gasteiger partial charge in [-0.3, -0.25) is 9.59 Å². The van der Waals surface area contributed by atoms with Gasteiger partial charge in [-0.1, -0.05) is 6.42 Å². The Morgan fingerprint density at radius 2 is 2.00 bits per heavy atom. The molecule has 1 unspecified atom stereocenters. The Kier molecular flexibility index (Phi) is 6.85. The van der Waals surface area contributed by atoms with Crippen LogP contribution < -0.4 is 17.2 Å². The number of carbonyl (C=O) groups excluding carboxylic acids is 1. The number of rotatable bonds is 5. The topological polar surface area (TPSA) is 132 Å². The number of carboxylic acids is 1. The van der Waals surface area contributed by atoms with Crippen LogP contribution in [0.4, 0.5) is 0 Å². The van der Waals surface area contributed by atoms with E-state index in [1.165, 1.54) is 0 Å². The zero-order chi connectivity index (χ0) is 11.8. The van der Waals surface area contributed by atoms with Crippen LogP contribution in [-0.2, 0) is 9.59 Å². The van der Waals surface area contributed by atoms with Gasteiger partial charge in [0.2, 0.25) is 0 Å². The molecule has 0 aliphatic heterocycles. The van der Waals surface area contributed by atoms with Crippen LogP contribution in [0.3, 0.4) is 0 Å². The van der Waals surface area contributed by atoms with Gasteiger partial charge in [-0.15, -0.1) is 0 Å². The lowest BCUT2D eigenvalue weighted by molar-refractivity contribution is -0.138. The first kappa shape index (κ1) is 14.0. The van der Waals surface area contributed by atoms with E-state index in [2.05, 4.69) is 0 Å². The Labute approximate surface area is 88.8 Å². The first-order valence-corrected chi connectivity index (χ1v) is 4.95. The Morgan fingerprint density at radius 3 is 2.27 bits per heavy atom. The molecular formula is C9H19N3O3. The third-order valence-electron chi connectivity index (χ3n) is 1.96. The van der Waals surface area contributed by atoms with Gasteiger partial charge in [-0.05, 0) is 19.4 Å². The molecule has 0 radical (unpaired) electrons. The van der Waals surface area contributed by atoms with Crippen molar-refractivity contribution in [3.8, 4) is 0 Å². The first-order valence-electron chi connectivity index (χ1n) is 4.95. The Balaban J connectivity index is 0.000000322. The van der Waals surface area contributed by atoms with E-state index in [0.717, 1.165) is 12.8 Å². The van der Waals surface area contributed by atoms with Crippen LogP contribution in [-0.4, -0.2) is 35.5 Å². The largest absolute Gasteiger partial charge is 0.480 e. The van der Waals surface area contributed by atoms with E-state index in [1.807, 2.05) is 0 Å². The minimum atomic E-state index is -0.933. The Bertz CT molecular complexity index is 221. The van der Waals surface area contributed by atoms with E-state index >= 15 is 0 Å². The molecule has 0 aromatic rings. The summed E-state index contributed by atoms with van der Waals surface area (Å²) < 4.78 is 0. The minimum absolute atomic E-state index is 0.0880. The second-order valence-corrected chi connectivity index (χ2v) is 3.51. The van der Waals surface area contributed by atoms with Crippen LogP contribution >= 0.6 is 0 Å². The fraction of sp³-hybridized carbons (Fsp3) is 0.778. The van der Waals surface area contributed by atoms with Gasteiger partial charge in [0, 0.05) is 6.42 Å². The molecule has 0 spiro atoms. The zero-order valence-corrected chi connectivity index (χ0v) is 8.69. The van der Waals surface area contributed by atoms with Crippen molar-refractivity contribution < 1.29 is 14.7 Å². The quantitative estimate of drug-likeness (QED) is 0.428. The predicted molar refractivity (Wildman–Crippen MR) is 56.1 cm³/mol. The lowest BCUT2D eigenvalue weighted by atomic mass is 10.1. The average molecular weight is 217 g/mol. The monoisotopic (exact) mass is 217 g/mol. The van der Waals surface area contributed by atoms with Crippen LogP contribution in [0, 0.1) is 0 Å². The normalized spacial score (nSPS) is 20.2. The molecule has 0 aromatic carbocycles. The van der Waals surface area contributed by atoms with Gasteiger partial charge in [0.25, 0.3) is 0 Å². The van der Waals surface area contributed by atoms with Crippen molar-refractivity contribution in [3.05, 3.63) is 0 Å². The van der Waals surface area contributed by atoms with Gasteiger partial charge in [0.1, 0.15) is 6.04 Å². The smallest absolute Gasteiger partial charge is 0.320 e. The fourth-order valence-electron chi connectivity index (χ4n) is 0.790. The SMILES string of the molecule is NC1CC1=O.NCCCC[C@H](N)C(=O)O. The lowest BCUT2D eigenvalue weighted by Gasteiger charge is -2.03. The van der Waals surface area contributed by atoms with E-state index in [4.69, 9.17) is 22.3 Å². The molecule has 7 N–H and O–H groups in total. The van der Waals surface area contributed by atoms with Gasteiger partial charge in [-0.25, -0.2) is 0 Å².